The molecule has 0 saturated heterocycles. The monoisotopic (exact) mass is 440 g/mol. The number of carbonyl (C=O) groups is 1. The zero-order valence-corrected chi connectivity index (χ0v) is 18.3. The summed E-state index contributed by atoms with van der Waals surface area (Å²) in [6.45, 7) is 3.76. The third-order valence-corrected chi connectivity index (χ3v) is 6.58. The van der Waals surface area contributed by atoms with Gasteiger partial charge in [-0.15, -0.1) is 0 Å². The van der Waals surface area contributed by atoms with Crippen LogP contribution in [0.15, 0.2) is 42.5 Å². The molecule has 1 heterocycles. The first-order valence-electron chi connectivity index (χ1n) is 10.6. The maximum atomic E-state index is 12.0. The van der Waals surface area contributed by atoms with Gasteiger partial charge in [0.15, 0.2) is 0 Å². The van der Waals surface area contributed by atoms with E-state index in [1.807, 2.05) is 61.0 Å². The first-order valence-corrected chi connectivity index (χ1v) is 10.6. The number of rotatable bonds is 5. The summed E-state index contributed by atoms with van der Waals surface area (Å²) in [6, 6.07) is 13.8. The molecule has 4 N–H and O–H groups in total. The summed E-state index contributed by atoms with van der Waals surface area (Å²) in [7, 11) is 1.98. The molecule has 1 aliphatic rings. The van der Waals surface area contributed by atoms with E-state index in [-0.39, 0.29) is 12.3 Å². The van der Waals surface area contributed by atoms with Crippen molar-refractivity contribution in [2.45, 2.75) is 44.9 Å². The summed E-state index contributed by atoms with van der Waals surface area (Å²) in [4.78, 5) is 16.6. The smallest absolute Gasteiger partial charge is 0.405 e. The molecule has 1 fully saturated rings. The fourth-order valence-electron chi connectivity index (χ4n) is 4.99. The van der Waals surface area contributed by atoms with Crippen molar-refractivity contribution in [1.82, 2.24) is 9.55 Å². The highest BCUT2D eigenvalue weighted by atomic mass is 16.9. The Labute approximate surface area is 185 Å². The SMILES string of the molecule is Cc1nc2cc(-c3ccc([C@@H]4C[C@H](OC(O)(O)O)C[C@H](C)C4C(=O)O)cc3)ccc2n1C. The van der Waals surface area contributed by atoms with Crippen LogP contribution in [0.4, 0.5) is 0 Å². The molecule has 170 valence electrons. The van der Waals surface area contributed by atoms with Crippen LogP contribution in [-0.2, 0) is 16.6 Å². The van der Waals surface area contributed by atoms with E-state index in [2.05, 4.69) is 4.98 Å². The lowest BCUT2D eigenvalue weighted by Crippen LogP contribution is -2.43. The fraction of sp³-hybridized carbons (Fsp3) is 0.417. The average molecular weight is 440 g/mol. The van der Waals surface area contributed by atoms with Crippen molar-refractivity contribution >= 4 is 17.0 Å². The Kier molecular flexibility index (Phi) is 5.81. The van der Waals surface area contributed by atoms with Crippen molar-refractivity contribution < 1.29 is 30.0 Å². The molecule has 1 unspecified atom stereocenters. The van der Waals surface area contributed by atoms with Gasteiger partial charge in [-0.1, -0.05) is 37.3 Å². The largest absolute Gasteiger partial charge is 0.481 e. The number of aryl methyl sites for hydroxylation is 2. The minimum absolute atomic E-state index is 0.253. The zero-order chi connectivity index (χ0) is 23.2. The van der Waals surface area contributed by atoms with Gasteiger partial charge in [0.2, 0.25) is 0 Å². The molecule has 1 saturated carbocycles. The van der Waals surface area contributed by atoms with E-state index in [0.29, 0.717) is 6.42 Å². The first-order chi connectivity index (χ1) is 15.0. The second-order valence-electron chi connectivity index (χ2n) is 8.78. The molecule has 8 heteroatoms. The van der Waals surface area contributed by atoms with Gasteiger partial charge >= 0.3 is 12.1 Å². The van der Waals surface area contributed by atoms with Crippen LogP contribution in [-0.4, -0.2) is 48.2 Å². The lowest BCUT2D eigenvalue weighted by atomic mass is 9.69. The van der Waals surface area contributed by atoms with Crippen molar-refractivity contribution in [3.05, 3.63) is 53.9 Å². The maximum absolute atomic E-state index is 12.0. The Morgan fingerprint density at radius 3 is 2.38 bits per heavy atom. The van der Waals surface area contributed by atoms with Crippen LogP contribution < -0.4 is 0 Å². The van der Waals surface area contributed by atoms with Crippen molar-refractivity contribution in [1.29, 1.82) is 0 Å². The molecular weight excluding hydrogens is 412 g/mol. The number of fused-ring (bicyclic) bond motifs is 1. The van der Waals surface area contributed by atoms with Gasteiger partial charge in [0.1, 0.15) is 5.82 Å². The average Bonchev–Trinajstić information content (AvgIpc) is 2.99. The van der Waals surface area contributed by atoms with Gasteiger partial charge < -0.3 is 29.7 Å². The number of aliphatic hydroxyl groups is 3. The Morgan fingerprint density at radius 2 is 1.75 bits per heavy atom. The third kappa shape index (κ3) is 4.40. The van der Waals surface area contributed by atoms with E-state index in [9.17, 15) is 25.2 Å². The highest BCUT2D eigenvalue weighted by molar-refractivity contribution is 5.82. The number of benzene rings is 2. The normalized spacial score (nSPS) is 24.1. The zero-order valence-electron chi connectivity index (χ0n) is 18.3. The molecule has 8 nitrogen and oxygen atoms in total. The summed E-state index contributed by atoms with van der Waals surface area (Å²) in [5, 5.41) is 37.4. The van der Waals surface area contributed by atoms with Gasteiger partial charge in [0, 0.05) is 7.05 Å². The molecule has 1 aliphatic carbocycles. The Bertz CT molecular complexity index is 1130. The van der Waals surface area contributed by atoms with Gasteiger partial charge in [0.25, 0.3) is 0 Å². The summed E-state index contributed by atoms with van der Waals surface area (Å²) in [5.74, 6) is -1.26. The first kappa shape index (κ1) is 22.4. The lowest BCUT2D eigenvalue weighted by molar-refractivity contribution is -0.467. The highest BCUT2D eigenvalue weighted by Gasteiger charge is 2.43. The summed E-state index contributed by atoms with van der Waals surface area (Å²) in [6.07, 6.45) is -3.36. The Balaban J connectivity index is 1.62. The molecule has 2 aromatic carbocycles. The molecular formula is C24H28N2O6. The molecule has 0 spiro atoms. The topological polar surface area (TPSA) is 125 Å². The Morgan fingerprint density at radius 1 is 1.09 bits per heavy atom. The van der Waals surface area contributed by atoms with Crippen LogP contribution in [0.25, 0.3) is 22.2 Å². The maximum Gasteiger partial charge on any atom is 0.405 e. The molecule has 0 radical (unpaired) electrons. The number of nitrogens with zero attached hydrogens (tertiary/aromatic N) is 2. The molecule has 3 aromatic rings. The number of aromatic nitrogens is 2. The van der Waals surface area contributed by atoms with E-state index in [4.69, 9.17) is 4.74 Å². The minimum Gasteiger partial charge on any atom is -0.481 e. The predicted molar refractivity (Wildman–Crippen MR) is 117 cm³/mol. The quantitative estimate of drug-likeness (QED) is 0.450. The highest BCUT2D eigenvalue weighted by Crippen LogP contribution is 2.43. The third-order valence-electron chi connectivity index (χ3n) is 6.58. The number of hydrogen-bond donors (Lipinski definition) is 4. The van der Waals surface area contributed by atoms with Gasteiger partial charge in [-0.25, -0.2) is 4.98 Å². The van der Waals surface area contributed by atoms with E-state index >= 15 is 0 Å². The molecule has 1 aromatic heterocycles. The fourth-order valence-corrected chi connectivity index (χ4v) is 4.99. The second kappa shape index (κ2) is 8.29. The van der Waals surface area contributed by atoms with Crippen LogP contribution >= 0.6 is 0 Å². The summed E-state index contributed by atoms with van der Waals surface area (Å²) in [5.41, 5.74) is 4.81. The molecule has 4 atom stereocenters. The van der Waals surface area contributed by atoms with Crippen LogP contribution in [0.1, 0.15) is 37.1 Å². The van der Waals surface area contributed by atoms with Crippen molar-refractivity contribution in [2.75, 3.05) is 0 Å². The number of carboxylic acids is 1. The molecule has 32 heavy (non-hydrogen) atoms. The molecule has 4 rings (SSSR count). The minimum atomic E-state index is -3.24. The van der Waals surface area contributed by atoms with E-state index < -0.39 is 30.1 Å². The second-order valence-corrected chi connectivity index (χ2v) is 8.78. The number of imidazole rings is 1. The van der Waals surface area contributed by atoms with Crippen molar-refractivity contribution in [2.24, 2.45) is 18.9 Å². The number of ether oxygens (including phenoxy) is 1. The number of carboxylic acid groups (broad SMARTS) is 1. The van der Waals surface area contributed by atoms with Crippen LogP contribution in [0.2, 0.25) is 0 Å². The van der Waals surface area contributed by atoms with Gasteiger partial charge in [-0.3, -0.25) is 4.79 Å². The van der Waals surface area contributed by atoms with Gasteiger partial charge in [-0.2, -0.15) is 0 Å². The summed E-state index contributed by atoms with van der Waals surface area (Å²) < 4.78 is 6.98. The number of hydrogen-bond acceptors (Lipinski definition) is 6. The summed E-state index contributed by atoms with van der Waals surface area (Å²) >= 11 is 0. The lowest BCUT2D eigenvalue weighted by Gasteiger charge is -2.39. The number of aliphatic carboxylic acids is 1. The van der Waals surface area contributed by atoms with Crippen LogP contribution in [0.5, 0.6) is 0 Å². The van der Waals surface area contributed by atoms with E-state index in [1.165, 1.54) is 0 Å². The molecule has 0 amide bonds. The van der Waals surface area contributed by atoms with E-state index in [0.717, 1.165) is 33.5 Å². The van der Waals surface area contributed by atoms with Crippen LogP contribution in [0.3, 0.4) is 0 Å². The van der Waals surface area contributed by atoms with Crippen molar-refractivity contribution in [3.8, 4) is 11.1 Å². The van der Waals surface area contributed by atoms with E-state index in [1.54, 1.807) is 6.92 Å². The van der Waals surface area contributed by atoms with Gasteiger partial charge in [0.05, 0.1) is 23.1 Å². The predicted octanol–water partition coefficient (Wildman–Crippen LogP) is 2.74. The van der Waals surface area contributed by atoms with Gasteiger partial charge in [-0.05, 0) is 60.4 Å². The van der Waals surface area contributed by atoms with Crippen molar-refractivity contribution in [3.63, 3.8) is 0 Å². The molecule has 0 bridgehead atoms. The standard InChI is InChI=1S/C24H28N2O6/c1-13-10-18(32-24(29,30)31)12-19(22(13)23(27)28)16-6-4-15(5-7-16)17-8-9-21-20(11-17)25-14(2)26(21)3/h4-9,11,13,18-19,22,29-31H,10,12H2,1-3H3,(H,27,28)/t13-,18+,19-,22?/m0/s1. The Hall–Kier alpha value is -2.78. The molecule has 0 aliphatic heterocycles. The van der Waals surface area contributed by atoms with Crippen LogP contribution in [0, 0.1) is 18.8 Å².